The van der Waals surface area contributed by atoms with Gasteiger partial charge in [0.2, 0.25) is 0 Å². The topological polar surface area (TPSA) is 65.2 Å². The molecule has 0 unspecified atom stereocenters. The van der Waals surface area contributed by atoms with Crippen molar-refractivity contribution < 1.29 is 9.53 Å². The molecule has 0 saturated carbocycles. The Bertz CT molecular complexity index is 626. The number of nitrogens with zero attached hydrogens (tertiary/aromatic N) is 1. The quantitative estimate of drug-likeness (QED) is 0.866. The summed E-state index contributed by atoms with van der Waals surface area (Å²) in [5.74, 6) is -0.491. The Hall–Kier alpha value is -1.62. The molecule has 2 rings (SSSR count). The molecule has 94 valence electrons. The second-order valence-corrected chi connectivity index (χ2v) is 4.81. The number of halogens is 1. The van der Waals surface area contributed by atoms with E-state index in [1.165, 1.54) is 0 Å². The van der Waals surface area contributed by atoms with Crippen molar-refractivity contribution in [2.75, 3.05) is 12.3 Å². The van der Waals surface area contributed by atoms with Gasteiger partial charge in [-0.2, -0.15) is 0 Å². The lowest BCUT2D eigenvalue weighted by atomic mass is 10.1. The normalized spacial score (nSPS) is 10.6. The number of carbonyl (C=O) groups is 1. The van der Waals surface area contributed by atoms with Gasteiger partial charge in [0.05, 0.1) is 17.8 Å². The van der Waals surface area contributed by atoms with E-state index >= 15 is 0 Å². The van der Waals surface area contributed by atoms with Crippen molar-refractivity contribution in [1.29, 1.82) is 0 Å². The van der Waals surface area contributed by atoms with Gasteiger partial charge in [-0.3, -0.25) is 0 Å². The van der Waals surface area contributed by atoms with Crippen LogP contribution < -0.4 is 5.73 Å². The van der Waals surface area contributed by atoms with Gasteiger partial charge in [-0.1, -0.05) is 15.9 Å². The highest BCUT2D eigenvalue weighted by Crippen LogP contribution is 2.27. The van der Waals surface area contributed by atoms with Gasteiger partial charge >= 0.3 is 5.97 Å². The van der Waals surface area contributed by atoms with Crippen LogP contribution in [-0.2, 0) is 4.74 Å². The van der Waals surface area contributed by atoms with Crippen LogP contribution in [0.25, 0.3) is 10.9 Å². The lowest BCUT2D eigenvalue weighted by Gasteiger charge is -2.08. The smallest absolute Gasteiger partial charge is 0.359 e. The van der Waals surface area contributed by atoms with Crippen LogP contribution in [-0.4, -0.2) is 17.6 Å². The van der Waals surface area contributed by atoms with Crippen LogP contribution in [0.2, 0.25) is 0 Å². The third kappa shape index (κ3) is 2.31. The van der Waals surface area contributed by atoms with Gasteiger partial charge in [-0.15, -0.1) is 0 Å². The van der Waals surface area contributed by atoms with E-state index in [1.54, 1.807) is 13.0 Å². The number of fused-ring (bicyclic) bond motifs is 1. The molecule has 0 saturated heterocycles. The summed E-state index contributed by atoms with van der Waals surface area (Å²) in [6.45, 7) is 4.01. The zero-order valence-corrected chi connectivity index (χ0v) is 11.7. The van der Waals surface area contributed by atoms with Gasteiger partial charge in [0.15, 0.2) is 5.69 Å². The van der Waals surface area contributed by atoms with Gasteiger partial charge in [0.25, 0.3) is 0 Å². The maximum absolute atomic E-state index is 11.7. The zero-order chi connectivity index (χ0) is 13.3. The van der Waals surface area contributed by atoms with E-state index in [0.29, 0.717) is 12.3 Å². The largest absolute Gasteiger partial charge is 0.461 e. The predicted molar refractivity (Wildman–Crippen MR) is 74.5 cm³/mol. The molecule has 0 aliphatic rings. The molecule has 18 heavy (non-hydrogen) atoms. The first-order chi connectivity index (χ1) is 8.52. The van der Waals surface area contributed by atoms with E-state index in [0.717, 1.165) is 20.9 Å². The molecule has 0 spiro atoms. The van der Waals surface area contributed by atoms with E-state index in [9.17, 15) is 4.79 Å². The van der Waals surface area contributed by atoms with Crippen LogP contribution in [0.15, 0.2) is 22.7 Å². The number of carbonyl (C=O) groups excluding carboxylic acids is 1. The molecule has 0 radical (unpaired) electrons. The number of benzene rings is 1. The Morgan fingerprint density at radius 2 is 2.17 bits per heavy atom. The lowest BCUT2D eigenvalue weighted by molar-refractivity contribution is 0.0521. The van der Waals surface area contributed by atoms with Crippen molar-refractivity contribution in [2.24, 2.45) is 0 Å². The highest BCUT2D eigenvalue weighted by Gasteiger charge is 2.15. The number of rotatable bonds is 2. The van der Waals surface area contributed by atoms with Crippen LogP contribution in [0.1, 0.15) is 23.0 Å². The maximum Gasteiger partial charge on any atom is 0.359 e. The van der Waals surface area contributed by atoms with Crippen LogP contribution in [0.4, 0.5) is 5.69 Å². The molecule has 2 N–H and O–H groups in total. The monoisotopic (exact) mass is 308 g/mol. The van der Waals surface area contributed by atoms with Crippen LogP contribution in [0, 0.1) is 6.92 Å². The fourth-order valence-corrected chi connectivity index (χ4v) is 2.42. The van der Waals surface area contributed by atoms with Gasteiger partial charge in [-0.05, 0) is 37.6 Å². The third-order valence-electron chi connectivity index (χ3n) is 2.53. The van der Waals surface area contributed by atoms with Gasteiger partial charge < -0.3 is 10.5 Å². The van der Waals surface area contributed by atoms with Gasteiger partial charge in [0.1, 0.15) is 0 Å². The van der Waals surface area contributed by atoms with Crippen molar-refractivity contribution >= 4 is 38.5 Å². The first-order valence-corrected chi connectivity index (χ1v) is 6.35. The number of hydrogen-bond acceptors (Lipinski definition) is 4. The van der Waals surface area contributed by atoms with Crippen molar-refractivity contribution in [1.82, 2.24) is 4.98 Å². The van der Waals surface area contributed by atoms with Crippen molar-refractivity contribution in [3.63, 3.8) is 0 Å². The number of aryl methyl sites for hydroxylation is 1. The highest BCUT2D eigenvalue weighted by molar-refractivity contribution is 9.10. The summed E-state index contributed by atoms with van der Waals surface area (Å²) in [4.78, 5) is 16.0. The number of aromatic nitrogens is 1. The van der Waals surface area contributed by atoms with Crippen LogP contribution >= 0.6 is 15.9 Å². The van der Waals surface area contributed by atoms with E-state index in [-0.39, 0.29) is 5.69 Å². The van der Waals surface area contributed by atoms with E-state index < -0.39 is 5.97 Å². The van der Waals surface area contributed by atoms with Gasteiger partial charge in [0, 0.05) is 9.86 Å². The zero-order valence-electron chi connectivity index (χ0n) is 10.2. The molecule has 0 bridgehead atoms. The highest BCUT2D eigenvalue weighted by atomic mass is 79.9. The molecule has 1 aromatic carbocycles. The van der Waals surface area contributed by atoms with Crippen LogP contribution in [0.5, 0.6) is 0 Å². The van der Waals surface area contributed by atoms with Crippen molar-refractivity contribution in [3.8, 4) is 0 Å². The molecule has 0 aliphatic heterocycles. The minimum atomic E-state index is -0.491. The minimum absolute atomic E-state index is 0.168. The van der Waals surface area contributed by atoms with E-state index in [4.69, 9.17) is 10.5 Å². The average Bonchev–Trinajstić information content (AvgIpc) is 2.29. The number of nitrogen functional groups attached to an aromatic ring is 1. The predicted octanol–water partition coefficient (Wildman–Crippen LogP) is 3.06. The summed E-state index contributed by atoms with van der Waals surface area (Å²) in [6, 6.07) is 5.62. The van der Waals surface area contributed by atoms with Gasteiger partial charge in [-0.25, -0.2) is 9.78 Å². The number of ether oxygens (including phenoxy) is 1. The molecule has 1 heterocycles. The molecule has 5 heteroatoms. The molecule has 0 fully saturated rings. The Morgan fingerprint density at radius 3 is 2.83 bits per heavy atom. The standard InChI is InChI=1S/C13H13BrN2O2/c1-3-18-13(17)12-10(15)6-8-9(14)4-7(2)5-11(8)16-12/h4-6H,3,15H2,1-2H3. The fourth-order valence-electron chi connectivity index (χ4n) is 1.74. The molecule has 0 amide bonds. The van der Waals surface area contributed by atoms with E-state index in [1.807, 2.05) is 19.1 Å². The minimum Gasteiger partial charge on any atom is -0.461 e. The SMILES string of the molecule is CCOC(=O)c1nc2cc(C)cc(Br)c2cc1N. The maximum atomic E-state index is 11.7. The fraction of sp³-hybridized carbons (Fsp3) is 0.231. The summed E-state index contributed by atoms with van der Waals surface area (Å²) in [6.07, 6.45) is 0. The third-order valence-corrected chi connectivity index (χ3v) is 3.18. The second-order valence-electron chi connectivity index (χ2n) is 3.96. The van der Waals surface area contributed by atoms with E-state index in [2.05, 4.69) is 20.9 Å². The first kappa shape index (κ1) is 12.8. The second kappa shape index (κ2) is 4.94. The average molecular weight is 309 g/mol. The molecule has 0 aliphatic carbocycles. The number of hydrogen-bond donors (Lipinski definition) is 1. The molecule has 2 aromatic rings. The summed E-state index contributed by atoms with van der Waals surface area (Å²) >= 11 is 3.46. The molecule has 0 atom stereocenters. The van der Waals surface area contributed by atoms with Crippen LogP contribution in [0.3, 0.4) is 0 Å². The number of pyridine rings is 1. The number of anilines is 1. The Labute approximate surface area is 113 Å². The Morgan fingerprint density at radius 1 is 1.44 bits per heavy atom. The molecule has 1 aromatic heterocycles. The number of nitrogens with two attached hydrogens (primary N) is 1. The van der Waals surface area contributed by atoms with Crippen molar-refractivity contribution in [3.05, 3.63) is 33.9 Å². The molecular weight excluding hydrogens is 296 g/mol. The summed E-state index contributed by atoms with van der Waals surface area (Å²) < 4.78 is 5.83. The summed E-state index contributed by atoms with van der Waals surface area (Å²) in [5.41, 5.74) is 8.11. The molecular formula is C13H13BrN2O2. The van der Waals surface area contributed by atoms with Crippen molar-refractivity contribution in [2.45, 2.75) is 13.8 Å². The Kier molecular flexibility index (Phi) is 3.52. The Balaban J connectivity index is 2.64. The molecule has 4 nitrogen and oxygen atoms in total. The first-order valence-electron chi connectivity index (χ1n) is 5.56. The number of esters is 1. The summed E-state index contributed by atoms with van der Waals surface area (Å²) in [5, 5.41) is 0.881. The summed E-state index contributed by atoms with van der Waals surface area (Å²) in [7, 11) is 0. The lowest BCUT2D eigenvalue weighted by Crippen LogP contribution is -2.10.